The summed E-state index contributed by atoms with van der Waals surface area (Å²) in [6, 6.07) is 88.2. The molecular weight excluding hydrogens is 2130 g/mol. The van der Waals surface area contributed by atoms with Gasteiger partial charge < -0.3 is 48.1 Å². The molecule has 123 heavy (non-hydrogen) atoms. The number of hydrogen-bond acceptors (Lipinski definition) is 12. The van der Waals surface area contributed by atoms with Crippen LogP contribution < -0.4 is 25.9 Å². The van der Waals surface area contributed by atoms with Gasteiger partial charge in [0.25, 0.3) is 0 Å². The Labute approximate surface area is 775 Å². The van der Waals surface area contributed by atoms with Crippen molar-refractivity contribution >= 4 is 133 Å². The van der Waals surface area contributed by atoms with Crippen molar-refractivity contribution in [1.82, 2.24) is 44.9 Å². The van der Waals surface area contributed by atoms with Crippen molar-refractivity contribution in [3.05, 3.63) is 315 Å². The van der Waals surface area contributed by atoms with Gasteiger partial charge in [-0.3, -0.25) is 0 Å². The molecule has 0 saturated heterocycles. The first-order chi connectivity index (χ1) is 58.4. The van der Waals surface area contributed by atoms with Gasteiger partial charge >= 0.3 is 0 Å². The predicted molar refractivity (Wildman–Crippen MR) is 514 cm³/mol. The third kappa shape index (κ3) is 24.4. The van der Waals surface area contributed by atoms with Crippen molar-refractivity contribution in [3.63, 3.8) is 0 Å². The maximum absolute atomic E-state index is 7.23. The molecule has 0 atom stereocenters. The van der Waals surface area contributed by atoms with Crippen LogP contribution >= 0.6 is 0 Å². The number of pyridine rings is 9. The first kappa shape index (κ1) is 90.8. The van der Waals surface area contributed by atoms with Gasteiger partial charge in [0.05, 0.1) is 51.5 Å². The zero-order valence-electron chi connectivity index (χ0n) is 76.3. The number of aromatic nitrogens is 9. The van der Waals surface area contributed by atoms with Crippen LogP contribution in [0.25, 0.3) is 134 Å². The summed E-state index contributed by atoms with van der Waals surface area (Å²) in [5.74, 6) is 0.609. The van der Waals surface area contributed by atoms with Crippen molar-refractivity contribution in [2.24, 2.45) is 5.92 Å². The summed E-state index contributed by atoms with van der Waals surface area (Å²) >= 11 is 0. The molecule has 20 heteroatoms. The van der Waals surface area contributed by atoms with Crippen molar-refractivity contribution in [1.29, 1.82) is 0 Å². The van der Waals surface area contributed by atoms with E-state index in [-0.39, 0.29) is 65.9 Å². The first-order valence-corrected chi connectivity index (χ1v) is 58.3. The molecule has 0 spiro atoms. The van der Waals surface area contributed by atoms with E-state index in [0.717, 1.165) is 134 Å². The number of aryl methyl sites for hydroxylation is 3. The number of hydrogen-bond donors (Lipinski definition) is 0. The molecule has 12 aromatic heterocycles. The molecule has 0 saturated carbocycles. The van der Waals surface area contributed by atoms with Gasteiger partial charge in [0.15, 0.2) is 0 Å². The average molecular weight is 2240 g/mol. The summed E-state index contributed by atoms with van der Waals surface area (Å²) in [6.07, 6.45) is 15.7. The Balaban J connectivity index is 0.000000159. The third-order valence-electron chi connectivity index (χ3n) is 20.5. The van der Waals surface area contributed by atoms with E-state index in [1.54, 1.807) is 18.2 Å². The van der Waals surface area contributed by atoms with Crippen LogP contribution in [0.4, 0.5) is 0 Å². The zero-order chi connectivity index (χ0) is 87.8. The van der Waals surface area contributed by atoms with E-state index in [9.17, 15) is 0 Å². The molecule has 12 heterocycles. The fourth-order valence-corrected chi connectivity index (χ4v) is 19.3. The molecule has 633 valence electrons. The summed E-state index contributed by atoms with van der Waals surface area (Å²) < 4.78 is 39.4. The normalized spacial score (nSPS) is 12.0. The van der Waals surface area contributed by atoms with E-state index in [1.165, 1.54) is 37.7 Å². The fourth-order valence-electron chi connectivity index (χ4n) is 13.6. The number of nitrogens with zero attached hydrogens (tertiary/aromatic N) is 9. The van der Waals surface area contributed by atoms with Crippen LogP contribution in [0.3, 0.4) is 0 Å². The van der Waals surface area contributed by atoms with Crippen LogP contribution in [0, 0.1) is 63.1 Å². The van der Waals surface area contributed by atoms with Gasteiger partial charge in [-0.15, -0.1) is 161 Å². The molecule has 0 aliphatic heterocycles. The van der Waals surface area contributed by atoms with Crippen molar-refractivity contribution in [2.45, 2.75) is 139 Å². The second kappa shape index (κ2) is 41.3. The van der Waals surface area contributed by atoms with E-state index < -0.39 is 47.2 Å². The Hall–Kier alpha value is -9.90. The number of furan rings is 3. The van der Waals surface area contributed by atoms with E-state index in [0.29, 0.717) is 23.1 Å². The van der Waals surface area contributed by atoms with E-state index in [4.69, 9.17) is 22.3 Å². The Bertz CT molecular complexity index is 6410. The number of rotatable bonds is 13. The molecule has 12 nitrogen and oxygen atoms in total. The number of fused-ring (bicyclic) bond motifs is 9. The molecule has 0 aliphatic rings. The number of para-hydroxylation sites is 1. The SMILES string of the molecule is CC(C)Cc1cc(-c2[c-]nc3oc4ccccc4c3c2)ncc1[Si](C)(C)C.C[Si](C)(C)c1ccc(-c2[c-]cccc2)nc1.C[Si](C)(C)c1ccc(-c2[c-]cccc2)nc1.Cc1ccc2c(n1)oc1c(-c3ccc([Si](C)(C)C)cn3)[c-]ccc12.Cc1ccc2c(n1)oc1c[c-]c(-c3ccc([Si](C)(C)C)cn3)cc12.[2H]C([2H])([2H])c1ccc(-c2[c-]cccc2)nc1.[Ir].[Ir].[Ir]. The maximum Gasteiger partial charge on any atom is 0.216 e. The van der Waals surface area contributed by atoms with Crippen LogP contribution in [0.1, 0.15) is 40.5 Å². The van der Waals surface area contributed by atoms with Crippen LogP contribution in [0.2, 0.25) is 98.2 Å². The second-order valence-corrected chi connectivity index (χ2v) is 61.0. The average Bonchev–Trinajstić information content (AvgIpc) is 1.61. The molecule has 0 N–H and O–H groups in total. The minimum atomic E-state index is -2.09. The second-order valence-electron chi connectivity index (χ2n) is 35.7. The van der Waals surface area contributed by atoms with Crippen LogP contribution in [-0.4, -0.2) is 85.2 Å². The van der Waals surface area contributed by atoms with Gasteiger partial charge in [-0.05, 0) is 141 Å². The van der Waals surface area contributed by atoms with E-state index >= 15 is 0 Å². The molecule has 0 aliphatic carbocycles. The Morgan fingerprint density at radius 3 is 1.25 bits per heavy atom. The molecule has 18 rings (SSSR count). The van der Waals surface area contributed by atoms with E-state index in [1.807, 2.05) is 154 Å². The topological polar surface area (TPSA) is 155 Å². The Morgan fingerprint density at radius 1 is 0.350 bits per heavy atom. The van der Waals surface area contributed by atoms with Gasteiger partial charge in [0, 0.05) is 129 Å². The quantitative estimate of drug-likeness (QED) is 0.0797. The third-order valence-corrected chi connectivity index (χ3v) is 30.7. The van der Waals surface area contributed by atoms with Crippen molar-refractivity contribution in [2.75, 3.05) is 0 Å². The summed E-state index contributed by atoms with van der Waals surface area (Å²) in [6.45, 7) is 41.5. The molecule has 6 aromatic carbocycles. The van der Waals surface area contributed by atoms with Crippen LogP contribution in [-0.2, 0) is 66.7 Å². The Kier molecular flexibility index (Phi) is 30.5. The molecule has 3 radical (unpaired) electrons. The van der Waals surface area contributed by atoms with Gasteiger partial charge in [0.1, 0.15) is 11.3 Å². The molecule has 0 bridgehead atoms. The number of benzene rings is 6. The van der Waals surface area contributed by atoms with Crippen LogP contribution in [0.15, 0.2) is 269 Å². The predicted octanol–water partition coefficient (Wildman–Crippen LogP) is 24.0. The smallest absolute Gasteiger partial charge is 0.216 e. The van der Waals surface area contributed by atoms with Crippen molar-refractivity contribution in [3.8, 4) is 67.5 Å². The molecule has 0 unspecified atom stereocenters. The summed E-state index contributed by atoms with van der Waals surface area (Å²) in [5, 5.41) is 13.2. The van der Waals surface area contributed by atoms with Gasteiger partial charge in [-0.1, -0.05) is 219 Å². The summed E-state index contributed by atoms with van der Waals surface area (Å²) in [5.41, 5.74) is 19.3. The van der Waals surface area contributed by atoms with Gasteiger partial charge in [-0.2, -0.15) is 0 Å². The standard InChI is InChI=1S/C23H25N2OSi.2C20H19N2OSi.2C14H16NSi.C12H10N.3Ir/c1-15(2)10-16-12-20(24-14-22(16)27(3,4)5)17-11-19-18-8-6-7-9-21(18)26-23(19)25-13-17;1-13-5-8-16-17-11-14(6-10-19(17)23-20(16)22-13)18-9-7-15(12-21-18)24(2,3)4;1-13-8-10-16-15-6-5-7-17(19(15)23-20(16)22-13)18-11-9-14(12-21-18)24(2,3)4;2*1-16(2,3)13-9-10-14(15-11-13)12-7-5-4-6-8-12;1-10-7-8-12(13-9-10)11-5-3-2-4-6-11;;;/h6-9,11-12,14-15H,10H2,1-5H3;5,7-12H,1-4H3;5-6,8-12H,1-4H3;2*4-7,9-11H,1-3H3;2-5,7-9H,1H3;;;/q6*-1;;;/i;;;;;1D3;;;. The first-order valence-electron chi connectivity index (χ1n) is 42.3. The zero-order valence-corrected chi connectivity index (χ0v) is 85.5. The maximum atomic E-state index is 7.23. The largest absolute Gasteiger partial charge is 0.486 e. The molecular formula is C103H105Ir3N9O3Si5-6. The molecule has 0 fully saturated rings. The summed E-state index contributed by atoms with van der Waals surface area (Å²) in [7, 11) is -6.58. The van der Waals surface area contributed by atoms with Gasteiger partial charge in [-0.25, -0.2) is 9.97 Å². The van der Waals surface area contributed by atoms with Crippen LogP contribution in [0.5, 0.6) is 0 Å². The fraction of sp³-hybridized carbons (Fsp3) is 0.214. The Morgan fingerprint density at radius 2 is 0.797 bits per heavy atom. The monoisotopic (exact) mass is 2240 g/mol. The molecule has 18 aromatic rings. The van der Waals surface area contributed by atoms with Crippen molar-refractivity contribution < 1.29 is 77.7 Å². The molecule has 0 amide bonds. The minimum absolute atomic E-state index is 0. The van der Waals surface area contributed by atoms with Gasteiger partial charge in [0.2, 0.25) is 11.4 Å². The summed E-state index contributed by atoms with van der Waals surface area (Å²) in [4.78, 5) is 40.7. The van der Waals surface area contributed by atoms with E-state index in [2.05, 4.69) is 280 Å². The minimum Gasteiger partial charge on any atom is -0.486 e.